The summed E-state index contributed by atoms with van der Waals surface area (Å²) in [5, 5.41) is 5.72. The lowest BCUT2D eigenvalue weighted by Crippen LogP contribution is -2.30. The third-order valence-corrected chi connectivity index (χ3v) is 4.41. The first-order valence-electron chi connectivity index (χ1n) is 9.11. The molecule has 0 spiro atoms. The minimum atomic E-state index is -0.241. The van der Waals surface area contributed by atoms with Crippen LogP contribution in [0, 0.1) is 0 Å². The molecule has 3 rings (SSSR count). The van der Waals surface area contributed by atoms with Crippen LogP contribution in [0.25, 0.3) is 11.1 Å². The fourth-order valence-electron chi connectivity index (χ4n) is 3.01. The summed E-state index contributed by atoms with van der Waals surface area (Å²) in [7, 11) is 3.22. The zero-order valence-corrected chi connectivity index (χ0v) is 16.1. The highest BCUT2D eigenvalue weighted by atomic mass is 16.5. The Kier molecular flexibility index (Phi) is 6.52. The van der Waals surface area contributed by atoms with Crippen LogP contribution in [0.2, 0.25) is 0 Å². The normalized spacial score (nSPS) is 10.2. The third-order valence-electron chi connectivity index (χ3n) is 4.41. The molecule has 0 fully saturated rings. The predicted octanol–water partition coefficient (Wildman–Crippen LogP) is 4.74. The molecule has 2 N–H and O–H groups in total. The lowest BCUT2D eigenvalue weighted by atomic mass is 10.1. The Morgan fingerprint density at radius 1 is 0.821 bits per heavy atom. The van der Waals surface area contributed by atoms with Gasteiger partial charge in [-0.3, -0.25) is 0 Å². The number of ether oxygens (including phenoxy) is 2. The van der Waals surface area contributed by atoms with E-state index in [0.29, 0.717) is 24.5 Å². The van der Waals surface area contributed by atoms with Gasteiger partial charge in [0.25, 0.3) is 0 Å². The molecule has 5 heteroatoms. The molecule has 0 aromatic heterocycles. The van der Waals surface area contributed by atoms with Gasteiger partial charge in [0.1, 0.15) is 0 Å². The van der Waals surface area contributed by atoms with Crippen molar-refractivity contribution in [1.82, 2.24) is 5.32 Å². The Morgan fingerprint density at radius 2 is 1.54 bits per heavy atom. The van der Waals surface area contributed by atoms with E-state index in [0.717, 1.165) is 22.4 Å². The number of amides is 2. The third kappa shape index (κ3) is 4.82. The fourth-order valence-corrected chi connectivity index (χ4v) is 3.01. The molecule has 0 aliphatic heterocycles. The first-order valence-corrected chi connectivity index (χ1v) is 9.11. The van der Waals surface area contributed by atoms with Gasteiger partial charge in [-0.15, -0.1) is 0 Å². The first-order chi connectivity index (χ1) is 13.7. The molecule has 0 aliphatic rings. The molecule has 3 aromatic carbocycles. The lowest BCUT2D eigenvalue weighted by Gasteiger charge is -2.13. The van der Waals surface area contributed by atoms with Gasteiger partial charge in [0.05, 0.1) is 14.2 Å². The molecule has 0 radical (unpaired) electrons. The van der Waals surface area contributed by atoms with Gasteiger partial charge in [0.2, 0.25) is 0 Å². The highest BCUT2D eigenvalue weighted by Gasteiger charge is 2.09. The molecular weight excluding hydrogens is 352 g/mol. The molecule has 5 nitrogen and oxygen atoms in total. The molecule has 0 heterocycles. The van der Waals surface area contributed by atoms with Gasteiger partial charge < -0.3 is 20.1 Å². The Labute approximate surface area is 165 Å². The van der Waals surface area contributed by atoms with Crippen molar-refractivity contribution in [1.29, 1.82) is 0 Å². The second-order valence-electron chi connectivity index (χ2n) is 6.23. The van der Waals surface area contributed by atoms with Crippen LogP contribution in [0.4, 0.5) is 10.5 Å². The Morgan fingerprint density at radius 3 is 2.21 bits per heavy atom. The van der Waals surface area contributed by atoms with Gasteiger partial charge in [-0.1, -0.05) is 54.6 Å². The Balaban J connectivity index is 1.52. The Hall–Kier alpha value is -3.47. The van der Waals surface area contributed by atoms with Crippen molar-refractivity contribution in [2.24, 2.45) is 0 Å². The van der Waals surface area contributed by atoms with Crippen molar-refractivity contribution in [3.8, 4) is 22.6 Å². The summed E-state index contributed by atoms with van der Waals surface area (Å²) in [6.45, 7) is 0.484. The zero-order valence-electron chi connectivity index (χ0n) is 16.1. The number of urea groups is 1. The topological polar surface area (TPSA) is 59.6 Å². The van der Waals surface area contributed by atoms with Crippen LogP contribution < -0.4 is 20.1 Å². The van der Waals surface area contributed by atoms with Crippen molar-refractivity contribution in [3.63, 3.8) is 0 Å². The van der Waals surface area contributed by atoms with Crippen molar-refractivity contribution >= 4 is 11.7 Å². The second kappa shape index (κ2) is 9.46. The highest BCUT2D eigenvalue weighted by molar-refractivity contribution is 5.89. The van der Waals surface area contributed by atoms with E-state index >= 15 is 0 Å². The van der Waals surface area contributed by atoms with Crippen molar-refractivity contribution in [2.45, 2.75) is 6.42 Å². The van der Waals surface area contributed by atoms with E-state index in [9.17, 15) is 4.79 Å². The minimum absolute atomic E-state index is 0.241. The number of methoxy groups -OCH3 is 2. The molecule has 0 bridgehead atoms. The van der Waals surface area contributed by atoms with Gasteiger partial charge in [-0.25, -0.2) is 4.79 Å². The van der Waals surface area contributed by atoms with E-state index in [-0.39, 0.29) is 6.03 Å². The van der Waals surface area contributed by atoms with E-state index < -0.39 is 0 Å². The SMILES string of the molecule is COc1cccc(CCNC(=O)Nc2ccc(-c3ccccc3)cc2)c1OC. The van der Waals surface area contributed by atoms with Gasteiger partial charge in [0, 0.05) is 12.2 Å². The van der Waals surface area contributed by atoms with Crippen LogP contribution in [0.1, 0.15) is 5.56 Å². The first kappa shape index (κ1) is 19.3. The fraction of sp³-hybridized carbons (Fsp3) is 0.174. The van der Waals surface area contributed by atoms with Crippen LogP contribution in [0.3, 0.4) is 0 Å². The van der Waals surface area contributed by atoms with Crippen LogP contribution in [0.15, 0.2) is 72.8 Å². The molecule has 0 atom stereocenters. The number of anilines is 1. The predicted molar refractivity (Wildman–Crippen MR) is 112 cm³/mol. The summed E-state index contributed by atoms with van der Waals surface area (Å²) in [4.78, 5) is 12.2. The van der Waals surface area contributed by atoms with Crippen LogP contribution in [-0.4, -0.2) is 26.8 Å². The monoisotopic (exact) mass is 376 g/mol. The number of carbonyl (C=O) groups is 1. The van der Waals surface area contributed by atoms with Crippen LogP contribution >= 0.6 is 0 Å². The average Bonchev–Trinajstić information content (AvgIpc) is 2.74. The summed E-state index contributed by atoms with van der Waals surface area (Å²) in [6, 6.07) is 23.4. The summed E-state index contributed by atoms with van der Waals surface area (Å²) < 4.78 is 10.7. The van der Waals surface area contributed by atoms with Gasteiger partial charge in [0.15, 0.2) is 11.5 Å². The van der Waals surface area contributed by atoms with E-state index in [1.807, 2.05) is 60.7 Å². The Bertz CT molecular complexity index is 909. The number of hydrogen-bond acceptors (Lipinski definition) is 3. The standard InChI is InChI=1S/C23H24N2O3/c1-27-21-10-6-9-19(22(21)28-2)15-16-24-23(26)25-20-13-11-18(12-14-20)17-7-4-3-5-8-17/h3-14H,15-16H2,1-2H3,(H2,24,25,26). The van der Waals surface area contributed by atoms with E-state index in [4.69, 9.17) is 9.47 Å². The average molecular weight is 376 g/mol. The van der Waals surface area contributed by atoms with E-state index in [2.05, 4.69) is 22.8 Å². The van der Waals surface area contributed by atoms with Gasteiger partial charge in [-0.2, -0.15) is 0 Å². The molecule has 144 valence electrons. The van der Waals surface area contributed by atoms with E-state index in [1.165, 1.54) is 0 Å². The highest BCUT2D eigenvalue weighted by Crippen LogP contribution is 2.30. The largest absolute Gasteiger partial charge is 0.493 e. The molecular formula is C23H24N2O3. The summed E-state index contributed by atoms with van der Waals surface area (Å²) in [5.41, 5.74) is 3.98. The van der Waals surface area contributed by atoms with Gasteiger partial charge in [-0.05, 0) is 41.3 Å². The molecule has 28 heavy (non-hydrogen) atoms. The van der Waals surface area contributed by atoms with Crippen LogP contribution in [0.5, 0.6) is 11.5 Å². The van der Waals surface area contributed by atoms with Crippen molar-refractivity contribution in [3.05, 3.63) is 78.4 Å². The summed E-state index contributed by atoms with van der Waals surface area (Å²) >= 11 is 0. The number of carbonyl (C=O) groups excluding carboxylic acids is 1. The number of hydrogen-bond donors (Lipinski definition) is 2. The number of rotatable bonds is 7. The maximum Gasteiger partial charge on any atom is 0.319 e. The molecule has 0 aliphatic carbocycles. The van der Waals surface area contributed by atoms with Crippen molar-refractivity contribution in [2.75, 3.05) is 26.1 Å². The molecule has 2 amide bonds. The lowest BCUT2D eigenvalue weighted by molar-refractivity contribution is 0.252. The molecule has 0 saturated carbocycles. The molecule has 3 aromatic rings. The maximum absolute atomic E-state index is 12.2. The van der Waals surface area contributed by atoms with Gasteiger partial charge >= 0.3 is 6.03 Å². The van der Waals surface area contributed by atoms with Crippen LogP contribution in [-0.2, 0) is 6.42 Å². The smallest absolute Gasteiger partial charge is 0.319 e. The minimum Gasteiger partial charge on any atom is -0.493 e. The quantitative estimate of drug-likeness (QED) is 0.626. The molecule has 0 saturated heterocycles. The number of benzene rings is 3. The summed E-state index contributed by atoms with van der Waals surface area (Å²) in [5.74, 6) is 1.38. The summed E-state index contributed by atoms with van der Waals surface area (Å²) in [6.07, 6.45) is 0.640. The molecule has 0 unspecified atom stereocenters. The van der Waals surface area contributed by atoms with E-state index in [1.54, 1.807) is 14.2 Å². The van der Waals surface area contributed by atoms with Crippen molar-refractivity contribution < 1.29 is 14.3 Å². The number of para-hydroxylation sites is 1. The number of nitrogens with one attached hydrogen (secondary N) is 2. The maximum atomic E-state index is 12.2. The zero-order chi connectivity index (χ0) is 19.8. The second-order valence-corrected chi connectivity index (χ2v) is 6.23.